The van der Waals surface area contributed by atoms with Crippen molar-refractivity contribution in [3.05, 3.63) is 53.4 Å². The minimum Gasteiger partial charge on any atom is -0.369 e. The maximum Gasteiger partial charge on any atom is 0.138 e. The standard InChI is InChI=1S/C14H12FN3S/c15-12-4-2-1-3-10(12)5-7-16-13-11-6-8-19-14(11)18-9-17-13/h1-4,6,8-9H,5,7H2,(H,16,17,18). The summed E-state index contributed by atoms with van der Waals surface area (Å²) < 4.78 is 13.5. The van der Waals surface area contributed by atoms with Gasteiger partial charge < -0.3 is 5.32 Å². The predicted octanol–water partition coefficient (Wildman–Crippen LogP) is 3.49. The van der Waals surface area contributed by atoms with Crippen LogP contribution in [0.15, 0.2) is 42.0 Å². The van der Waals surface area contributed by atoms with Gasteiger partial charge in [-0.15, -0.1) is 11.3 Å². The van der Waals surface area contributed by atoms with Crippen LogP contribution in [-0.2, 0) is 6.42 Å². The second-order valence-electron chi connectivity index (χ2n) is 4.13. The molecule has 3 aromatic rings. The van der Waals surface area contributed by atoms with Crippen LogP contribution >= 0.6 is 11.3 Å². The molecule has 0 amide bonds. The van der Waals surface area contributed by atoms with Crippen molar-refractivity contribution in [3.63, 3.8) is 0 Å². The second-order valence-corrected chi connectivity index (χ2v) is 5.02. The van der Waals surface area contributed by atoms with Gasteiger partial charge >= 0.3 is 0 Å². The largest absolute Gasteiger partial charge is 0.369 e. The molecule has 1 N–H and O–H groups in total. The van der Waals surface area contributed by atoms with E-state index in [1.807, 2.05) is 17.5 Å². The summed E-state index contributed by atoms with van der Waals surface area (Å²) in [7, 11) is 0. The average Bonchev–Trinajstić information content (AvgIpc) is 2.90. The molecule has 0 aliphatic rings. The van der Waals surface area contributed by atoms with E-state index in [1.165, 1.54) is 6.07 Å². The Morgan fingerprint density at radius 1 is 1.16 bits per heavy atom. The van der Waals surface area contributed by atoms with Crippen molar-refractivity contribution in [1.82, 2.24) is 9.97 Å². The van der Waals surface area contributed by atoms with E-state index in [2.05, 4.69) is 15.3 Å². The first-order valence-electron chi connectivity index (χ1n) is 6.00. The van der Waals surface area contributed by atoms with Crippen LogP contribution < -0.4 is 5.32 Å². The van der Waals surface area contributed by atoms with Gasteiger partial charge in [0.15, 0.2) is 0 Å². The van der Waals surface area contributed by atoms with Crippen LogP contribution in [0, 0.1) is 5.82 Å². The van der Waals surface area contributed by atoms with Gasteiger partial charge in [0, 0.05) is 6.54 Å². The molecule has 96 valence electrons. The molecule has 0 bridgehead atoms. The van der Waals surface area contributed by atoms with E-state index in [9.17, 15) is 4.39 Å². The normalized spacial score (nSPS) is 10.8. The first kappa shape index (κ1) is 12.0. The zero-order chi connectivity index (χ0) is 13.1. The van der Waals surface area contributed by atoms with Crippen LogP contribution in [0.3, 0.4) is 0 Å². The number of hydrogen-bond donors (Lipinski definition) is 1. The van der Waals surface area contributed by atoms with Gasteiger partial charge in [-0.3, -0.25) is 0 Å². The molecule has 0 atom stereocenters. The van der Waals surface area contributed by atoms with Crippen molar-refractivity contribution in [3.8, 4) is 0 Å². The smallest absolute Gasteiger partial charge is 0.138 e. The lowest BCUT2D eigenvalue weighted by molar-refractivity contribution is 0.610. The zero-order valence-electron chi connectivity index (χ0n) is 10.1. The quantitative estimate of drug-likeness (QED) is 0.790. The SMILES string of the molecule is Fc1ccccc1CCNc1ncnc2sccc12. The molecule has 2 heterocycles. The fourth-order valence-corrected chi connectivity index (χ4v) is 2.68. The maximum atomic E-state index is 13.5. The molecule has 0 unspecified atom stereocenters. The van der Waals surface area contributed by atoms with Crippen LogP contribution in [-0.4, -0.2) is 16.5 Å². The number of rotatable bonds is 4. The van der Waals surface area contributed by atoms with Gasteiger partial charge in [0.05, 0.1) is 5.39 Å². The highest BCUT2D eigenvalue weighted by atomic mass is 32.1. The van der Waals surface area contributed by atoms with Gasteiger partial charge in [-0.2, -0.15) is 0 Å². The van der Waals surface area contributed by atoms with Crippen LogP contribution in [0.4, 0.5) is 10.2 Å². The number of aromatic nitrogens is 2. The van der Waals surface area contributed by atoms with Gasteiger partial charge in [-0.1, -0.05) is 18.2 Å². The zero-order valence-corrected chi connectivity index (χ0v) is 11.0. The van der Waals surface area contributed by atoms with Gasteiger partial charge in [-0.05, 0) is 29.5 Å². The van der Waals surface area contributed by atoms with E-state index in [-0.39, 0.29) is 5.82 Å². The fraction of sp³-hybridized carbons (Fsp3) is 0.143. The minimum atomic E-state index is -0.160. The van der Waals surface area contributed by atoms with Crippen LogP contribution in [0.1, 0.15) is 5.56 Å². The third-order valence-electron chi connectivity index (χ3n) is 2.91. The van der Waals surface area contributed by atoms with Crippen molar-refractivity contribution < 1.29 is 4.39 Å². The number of benzene rings is 1. The topological polar surface area (TPSA) is 37.8 Å². The summed E-state index contributed by atoms with van der Waals surface area (Å²) in [6.07, 6.45) is 2.17. The van der Waals surface area contributed by atoms with Gasteiger partial charge in [0.2, 0.25) is 0 Å². The molecule has 0 fully saturated rings. The molecule has 5 heteroatoms. The number of nitrogens with zero attached hydrogens (tertiary/aromatic N) is 2. The lowest BCUT2D eigenvalue weighted by Crippen LogP contribution is -2.07. The summed E-state index contributed by atoms with van der Waals surface area (Å²) in [4.78, 5) is 9.37. The highest BCUT2D eigenvalue weighted by Gasteiger charge is 2.05. The van der Waals surface area contributed by atoms with E-state index >= 15 is 0 Å². The summed E-state index contributed by atoms with van der Waals surface area (Å²) in [5, 5.41) is 6.24. The Bertz CT molecular complexity index is 696. The molecule has 0 aliphatic heterocycles. The van der Waals surface area contributed by atoms with Crippen LogP contribution in [0.2, 0.25) is 0 Å². The highest BCUT2D eigenvalue weighted by molar-refractivity contribution is 7.16. The summed E-state index contributed by atoms with van der Waals surface area (Å²) in [5.41, 5.74) is 0.714. The monoisotopic (exact) mass is 273 g/mol. The Balaban J connectivity index is 1.70. The minimum absolute atomic E-state index is 0.160. The first-order chi connectivity index (χ1) is 9.34. The van der Waals surface area contributed by atoms with Crippen molar-refractivity contribution in [2.24, 2.45) is 0 Å². The molecular weight excluding hydrogens is 261 g/mol. The summed E-state index contributed by atoms with van der Waals surface area (Å²) in [6, 6.07) is 8.82. The van der Waals surface area contributed by atoms with Crippen LogP contribution in [0.25, 0.3) is 10.2 Å². The molecule has 0 radical (unpaired) electrons. The molecule has 0 aliphatic carbocycles. The van der Waals surface area contributed by atoms with Crippen molar-refractivity contribution >= 4 is 27.4 Å². The number of hydrogen-bond acceptors (Lipinski definition) is 4. The Labute approximate surface area is 114 Å². The number of anilines is 1. The summed E-state index contributed by atoms with van der Waals surface area (Å²) >= 11 is 1.58. The average molecular weight is 273 g/mol. The molecule has 19 heavy (non-hydrogen) atoms. The maximum absolute atomic E-state index is 13.5. The molecule has 1 aromatic carbocycles. The third kappa shape index (κ3) is 2.56. The molecule has 0 saturated heterocycles. The fourth-order valence-electron chi connectivity index (χ4n) is 1.95. The Hall–Kier alpha value is -2.01. The Morgan fingerprint density at radius 3 is 2.95 bits per heavy atom. The second kappa shape index (κ2) is 5.32. The highest BCUT2D eigenvalue weighted by Crippen LogP contribution is 2.23. The Morgan fingerprint density at radius 2 is 2.05 bits per heavy atom. The van der Waals surface area contributed by atoms with E-state index in [1.54, 1.807) is 29.8 Å². The summed E-state index contributed by atoms with van der Waals surface area (Å²) in [6.45, 7) is 0.642. The molecular formula is C14H12FN3S. The molecule has 2 aromatic heterocycles. The van der Waals surface area contributed by atoms with Gasteiger partial charge in [-0.25, -0.2) is 14.4 Å². The molecule has 3 rings (SSSR count). The predicted molar refractivity (Wildman–Crippen MR) is 76.0 cm³/mol. The van der Waals surface area contributed by atoms with Gasteiger partial charge in [0.1, 0.15) is 22.8 Å². The van der Waals surface area contributed by atoms with E-state index < -0.39 is 0 Å². The first-order valence-corrected chi connectivity index (χ1v) is 6.88. The number of thiophene rings is 1. The lowest BCUT2D eigenvalue weighted by atomic mass is 10.1. The number of nitrogens with one attached hydrogen (secondary N) is 1. The van der Waals surface area contributed by atoms with Crippen molar-refractivity contribution in [2.45, 2.75) is 6.42 Å². The van der Waals surface area contributed by atoms with E-state index in [0.29, 0.717) is 18.5 Å². The lowest BCUT2D eigenvalue weighted by Gasteiger charge is -2.07. The number of halogens is 1. The van der Waals surface area contributed by atoms with E-state index in [4.69, 9.17) is 0 Å². The third-order valence-corrected chi connectivity index (χ3v) is 3.73. The molecule has 3 nitrogen and oxygen atoms in total. The van der Waals surface area contributed by atoms with Crippen molar-refractivity contribution in [2.75, 3.05) is 11.9 Å². The van der Waals surface area contributed by atoms with Gasteiger partial charge in [0.25, 0.3) is 0 Å². The summed E-state index contributed by atoms with van der Waals surface area (Å²) in [5.74, 6) is 0.648. The Kier molecular flexibility index (Phi) is 3.37. The van der Waals surface area contributed by atoms with Crippen molar-refractivity contribution in [1.29, 1.82) is 0 Å². The van der Waals surface area contributed by atoms with Crippen LogP contribution in [0.5, 0.6) is 0 Å². The molecule has 0 saturated carbocycles. The molecule has 0 spiro atoms. The van der Waals surface area contributed by atoms with E-state index in [0.717, 1.165) is 16.0 Å². The number of fused-ring (bicyclic) bond motifs is 1.